The Morgan fingerprint density at radius 1 is 1.10 bits per heavy atom. The number of aromatic amines is 1. The number of carbonyl (C=O) groups excluding carboxylic acids is 1. The zero-order valence-corrected chi connectivity index (χ0v) is 18.1. The molecule has 0 radical (unpaired) electrons. The normalized spacial score (nSPS) is 11.3. The molecule has 0 saturated heterocycles. The van der Waals surface area contributed by atoms with Gasteiger partial charge in [-0.25, -0.2) is 9.97 Å². The summed E-state index contributed by atoms with van der Waals surface area (Å²) in [4.78, 5) is 24.9. The molecular formula is C24H21N5OS. The van der Waals surface area contributed by atoms with E-state index < -0.39 is 0 Å². The van der Waals surface area contributed by atoms with Gasteiger partial charge >= 0.3 is 0 Å². The number of aryl methyl sites for hydroxylation is 1. The van der Waals surface area contributed by atoms with Crippen molar-refractivity contribution >= 4 is 27.3 Å². The average Bonchev–Trinajstić information content (AvgIpc) is 3.52. The molecule has 0 bridgehead atoms. The Hall–Kier alpha value is -3.58. The summed E-state index contributed by atoms with van der Waals surface area (Å²) in [7, 11) is 1.90. The van der Waals surface area contributed by atoms with Gasteiger partial charge in [0.25, 0.3) is 0 Å². The van der Waals surface area contributed by atoms with E-state index in [4.69, 9.17) is 4.98 Å². The van der Waals surface area contributed by atoms with Crippen LogP contribution in [0, 0.1) is 0 Å². The van der Waals surface area contributed by atoms with E-state index in [0.717, 1.165) is 56.2 Å². The van der Waals surface area contributed by atoms with Crippen LogP contribution in [0.15, 0.2) is 60.2 Å². The van der Waals surface area contributed by atoms with Crippen molar-refractivity contribution in [2.24, 2.45) is 7.05 Å². The second kappa shape index (κ2) is 7.92. The fourth-order valence-electron chi connectivity index (χ4n) is 3.64. The number of carbonyl (C=O) groups is 1. The number of hydrogen-bond donors (Lipinski definition) is 1. The minimum atomic E-state index is 0.168. The quantitative estimate of drug-likeness (QED) is 0.351. The molecule has 1 N–H and O–H groups in total. The molecule has 2 aromatic carbocycles. The van der Waals surface area contributed by atoms with Crippen molar-refractivity contribution in [3.05, 3.63) is 65.8 Å². The molecule has 0 aliphatic heterocycles. The van der Waals surface area contributed by atoms with Crippen molar-refractivity contribution in [2.45, 2.75) is 19.8 Å². The van der Waals surface area contributed by atoms with Gasteiger partial charge in [0, 0.05) is 36.4 Å². The number of Topliss-reactive ketones (excluding diaryl/α,β-unsaturated/α-hetero) is 1. The molecule has 7 heteroatoms. The van der Waals surface area contributed by atoms with E-state index in [1.807, 2.05) is 68.1 Å². The molecule has 0 saturated carbocycles. The standard InChI is InChI=1S/C24H21N5OS/c1-3-4-20(30)15-5-7-16(8-6-15)24-26-22(23(27-24)19-11-12-29(2)28-19)17-9-10-18-21(13-17)31-14-25-18/h5-14H,3-4H2,1-2H3,(H,26,27). The zero-order chi connectivity index (χ0) is 21.4. The lowest BCUT2D eigenvalue weighted by Crippen LogP contribution is -1.97. The SMILES string of the molecule is CCCC(=O)c1ccc(-c2nc(-c3ccc4ncsc4c3)c(-c3ccn(C)n3)[nH]2)cc1. The van der Waals surface area contributed by atoms with Gasteiger partial charge in [-0.1, -0.05) is 37.3 Å². The Labute approximate surface area is 183 Å². The molecule has 3 aromatic heterocycles. The molecule has 0 spiro atoms. The number of imidazole rings is 1. The highest BCUT2D eigenvalue weighted by Crippen LogP contribution is 2.34. The fourth-order valence-corrected chi connectivity index (χ4v) is 4.36. The summed E-state index contributed by atoms with van der Waals surface area (Å²) in [5, 5.41) is 4.58. The molecule has 5 rings (SSSR count). The van der Waals surface area contributed by atoms with Crippen molar-refractivity contribution in [2.75, 3.05) is 0 Å². The third-order valence-electron chi connectivity index (χ3n) is 5.24. The van der Waals surface area contributed by atoms with Crippen LogP contribution in [0.2, 0.25) is 0 Å². The van der Waals surface area contributed by atoms with Crippen molar-refractivity contribution in [3.63, 3.8) is 0 Å². The van der Waals surface area contributed by atoms with Crippen molar-refractivity contribution in [1.82, 2.24) is 24.7 Å². The van der Waals surface area contributed by atoms with Gasteiger partial charge in [0.05, 0.1) is 27.1 Å². The number of ketones is 1. The van der Waals surface area contributed by atoms with Gasteiger partial charge in [-0.15, -0.1) is 11.3 Å². The van der Waals surface area contributed by atoms with Crippen LogP contribution >= 0.6 is 11.3 Å². The summed E-state index contributed by atoms with van der Waals surface area (Å²) >= 11 is 1.61. The monoisotopic (exact) mass is 427 g/mol. The second-order valence-corrected chi connectivity index (χ2v) is 8.36. The predicted molar refractivity (Wildman–Crippen MR) is 124 cm³/mol. The minimum absolute atomic E-state index is 0.168. The lowest BCUT2D eigenvalue weighted by atomic mass is 10.0. The van der Waals surface area contributed by atoms with Crippen molar-refractivity contribution in [3.8, 4) is 34.0 Å². The number of hydrogen-bond acceptors (Lipinski definition) is 5. The number of nitrogens with one attached hydrogen (secondary N) is 1. The molecule has 0 aliphatic rings. The van der Waals surface area contributed by atoms with Gasteiger partial charge in [0.1, 0.15) is 11.5 Å². The highest BCUT2D eigenvalue weighted by atomic mass is 32.1. The van der Waals surface area contributed by atoms with Gasteiger partial charge in [0.2, 0.25) is 0 Å². The van der Waals surface area contributed by atoms with E-state index in [1.165, 1.54) is 0 Å². The topological polar surface area (TPSA) is 76.5 Å². The Bertz CT molecular complexity index is 1380. The van der Waals surface area contributed by atoms with Crippen LogP contribution in [0.5, 0.6) is 0 Å². The van der Waals surface area contributed by atoms with Crippen LogP contribution in [0.3, 0.4) is 0 Å². The van der Waals surface area contributed by atoms with E-state index in [-0.39, 0.29) is 5.78 Å². The number of benzene rings is 2. The first-order valence-electron chi connectivity index (χ1n) is 10.2. The molecule has 3 heterocycles. The van der Waals surface area contributed by atoms with Crippen LogP contribution in [-0.4, -0.2) is 30.5 Å². The third-order valence-corrected chi connectivity index (χ3v) is 6.03. The van der Waals surface area contributed by atoms with E-state index in [9.17, 15) is 4.79 Å². The Morgan fingerprint density at radius 2 is 1.90 bits per heavy atom. The van der Waals surface area contributed by atoms with Gasteiger partial charge in [-0.05, 0) is 24.6 Å². The minimum Gasteiger partial charge on any atom is -0.336 e. The molecule has 0 aliphatic carbocycles. The molecule has 5 aromatic rings. The Morgan fingerprint density at radius 3 is 2.65 bits per heavy atom. The van der Waals surface area contributed by atoms with Crippen molar-refractivity contribution < 1.29 is 4.79 Å². The first kappa shape index (κ1) is 19.4. The maximum Gasteiger partial charge on any atom is 0.162 e. The van der Waals surface area contributed by atoms with Crippen molar-refractivity contribution in [1.29, 1.82) is 0 Å². The highest BCUT2D eigenvalue weighted by Gasteiger charge is 2.18. The number of thiazole rings is 1. The van der Waals surface area contributed by atoms with Crippen LogP contribution in [0.25, 0.3) is 44.2 Å². The molecule has 6 nitrogen and oxygen atoms in total. The summed E-state index contributed by atoms with van der Waals surface area (Å²) in [6.45, 7) is 2.01. The summed E-state index contributed by atoms with van der Waals surface area (Å²) in [6.07, 6.45) is 3.33. The van der Waals surface area contributed by atoms with E-state index in [0.29, 0.717) is 6.42 Å². The maximum absolute atomic E-state index is 12.2. The third kappa shape index (κ3) is 3.68. The summed E-state index contributed by atoms with van der Waals surface area (Å²) in [5.74, 6) is 0.913. The zero-order valence-electron chi connectivity index (χ0n) is 17.3. The van der Waals surface area contributed by atoms with E-state index in [1.54, 1.807) is 16.0 Å². The number of fused-ring (bicyclic) bond motifs is 1. The van der Waals surface area contributed by atoms with Gasteiger partial charge in [0.15, 0.2) is 5.78 Å². The number of aromatic nitrogens is 5. The number of H-pyrrole nitrogens is 1. The maximum atomic E-state index is 12.2. The predicted octanol–water partition coefficient (Wildman–Crippen LogP) is 5.74. The first-order valence-corrected chi connectivity index (χ1v) is 11.1. The van der Waals surface area contributed by atoms with Crippen LogP contribution in [0.1, 0.15) is 30.1 Å². The summed E-state index contributed by atoms with van der Waals surface area (Å²) in [5.41, 5.74) is 8.04. The Kier molecular flexibility index (Phi) is 4.95. The van der Waals surface area contributed by atoms with Gasteiger partial charge in [-0.3, -0.25) is 9.48 Å². The number of rotatable bonds is 6. The molecule has 0 atom stereocenters. The molecule has 0 fully saturated rings. The van der Waals surface area contributed by atoms with Crippen LogP contribution < -0.4 is 0 Å². The lowest BCUT2D eigenvalue weighted by molar-refractivity contribution is 0.0982. The lowest BCUT2D eigenvalue weighted by Gasteiger charge is -2.01. The molecule has 31 heavy (non-hydrogen) atoms. The smallest absolute Gasteiger partial charge is 0.162 e. The van der Waals surface area contributed by atoms with Crippen LogP contribution in [-0.2, 0) is 7.05 Å². The molecule has 0 unspecified atom stereocenters. The number of nitrogens with zero attached hydrogens (tertiary/aromatic N) is 4. The van der Waals surface area contributed by atoms with Gasteiger partial charge in [-0.2, -0.15) is 5.10 Å². The van der Waals surface area contributed by atoms with Crippen LogP contribution in [0.4, 0.5) is 0 Å². The fraction of sp³-hybridized carbons (Fsp3) is 0.167. The molecule has 0 amide bonds. The first-order chi connectivity index (χ1) is 15.1. The Balaban J connectivity index is 1.60. The van der Waals surface area contributed by atoms with E-state index >= 15 is 0 Å². The van der Waals surface area contributed by atoms with E-state index in [2.05, 4.69) is 21.1 Å². The summed E-state index contributed by atoms with van der Waals surface area (Å²) < 4.78 is 2.90. The summed E-state index contributed by atoms with van der Waals surface area (Å²) in [6, 6.07) is 15.8. The molecular weight excluding hydrogens is 406 g/mol. The molecule has 154 valence electrons. The largest absolute Gasteiger partial charge is 0.336 e. The second-order valence-electron chi connectivity index (χ2n) is 7.47. The van der Waals surface area contributed by atoms with Gasteiger partial charge < -0.3 is 4.98 Å². The average molecular weight is 428 g/mol. The highest BCUT2D eigenvalue weighted by molar-refractivity contribution is 7.16.